The summed E-state index contributed by atoms with van der Waals surface area (Å²) in [5.74, 6) is 0. The average Bonchev–Trinajstić information content (AvgIpc) is 2.40. The lowest BCUT2D eigenvalue weighted by molar-refractivity contribution is 0.311. The maximum absolute atomic E-state index is 6.04. The number of hydrogen-bond acceptors (Lipinski definition) is 2. The number of halogens is 1. The van der Waals surface area contributed by atoms with Gasteiger partial charge in [-0.2, -0.15) is 0 Å². The second-order valence-corrected chi connectivity index (χ2v) is 4.96. The van der Waals surface area contributed by atoms with E-state index < -0.39 is 0 Å². The van der Waals surface area contributed by atoms with E-state index in [-0.39, 0.29) is 0 Å². The van der Waals surface area contributed by atoms with E-state index in [4.69, 9.17) is 11.6 Å². The highest BCUT2D eigenvalue weighted by Crippen LogP contribution is 2.20. The van der Waals surface area contributed by atoms with Gasteiger partial charge in [0.1, 0.15) is 0 Å². The highest BCUT2D eigenvalue weighted by molar-refractivity contribution is 6.30. The molecule has 1 atom stereocenters. The Balaban J connectivity index is 2.61. The average molecular weight is 279 g/mol. The molecule has 19 heavy (non-hydrogen) atoms. The van der Waals surface area contributed by atoms with Crippen molar-refractivity contribution in [3.8, 4) is 0 Å². The molecule has 2 nitrogen and oxygen atoms in total. The van der Waals surface area contributed by atoms with Crippen LogP contribution in [0.15, 0.2) is 49.6 Å². The first-order valence-corrected chi connectivity index (χ1v) is 6.96. The van der Waals surface area contributed by atoms with Crippen molar-refractivity contribution >= 4 is 11.6 Å². The third kappa shape index (κ3) is 5.60. The summed E-state index contributed by atoms with van der Waals surface area (Å²) >= 11 is 6.04. The molecule has 1 N–H and O–H groups in total. The van der Waals surface area contributed by atoms with Crippen molar-refractivity contribution in [2.24, 2.45) is 0 Å². The van der Waals surface area contributed by atoms with Gasteiger partial charge in [-0.05, 0) is 31.2 Å². The van der Waals surface area contributed by atoms with Gasteiger partial charge in [-0.1, -0.05) is 35.9 Å². The Kier molecular flexibility index (Phi) is 7.49. The lowest BCUT2D eigenvalue weighted by Crippen LogP contribution is -2.28. The van der Waals surface area contributed by atoms with Crippen LogP contribution in [0.4, 0.5) is 0 Å². The summed E-state index contributed by atoms with van der Waals surface area (Å²) in [5, 5.41) is 4.13. The Bertz CT molecular complexity index is 393. The fourth-order valence-electron chi connectivity index (χ4n) is 2.13. The molecule has 0 aliphatic carbocycles. The Labute approximate surface area is 121 Å². The smallest absolute Gasteiger partial charge is 0.0409 e. The topological polar surface area (TPSA) is 15.3 Å². The molecule has 1 rings (SSSR count). The molecule has 0 aliphatic rings. The van der Waals surface area contributed by atoms with E-state index in [0.717, 1.165) is 31.1 Å². The summed E-state index contributed by atoms with van der Waals surface area (Å²) in [5.41, 5.74) is 1.23. The lowest BCUT2D eigenvalue weighted by Gasteiger charge is -2.23. The molecule has 0 saturated heterocycles. The van der Waals surface area contributed by atoms with Crippen LogP contribution in [0, 0.1) is 0 Å². The van der Waals surface area contributed by atoms with Gasteiger partial charge in [-0.3, -0.25) is 4.90 Å². The normalized spacial score (nSPS) is 12.4. The predicted molar refractivity (Wildman–Crippen MR) is 84.7 cm³/mol. The van der Waals surface area contributed by atoms with Gasteiger partial charge in [0, 0.05) is 30.7 Å². The molecule has 104 valence electrons. The van der Waals surface area contributed by atoms with Crippen LogP contribution >= 0.6 is 11.6 Å². The predicted octanol–water partition coefficient (Wildman–Crippen LogP) is 3.66. The van der Waals surface area contributed by atoms with Crippen LogP contribution in [-0.4, -0.2) is 31.6 Å². The van der Waals surface area contributed by atoms with E-state index in [1.165, 1.54) is 5.56 Å². The Morgan fingerprint density at radius 1 is 1.32 bits per heavy atom. The minimum atomic E-state index is 0.316. The summed E-state index contributed by atoms with van der Waals surface area (Å²) < 4.78 is 0. The van der Waals surface area contributed by atoms with Gasteiger partial charge in [-0.15, -0.1) is 13.2 Å². The molecule has 0 aliphatic heterocycles. The van der Waals surface area contributed by atoms with Crippen LogP contribution < -0.4 is 5.32 Å². The van der Waals surface area contributed by atoms with Crippen molar-refractivity contribution in [1.82, 2.24) is 10.2 Å². The third-order valence-electron chi connectivity index (χ3n) is 3.11. The molecule has 3 heteroatoms. The van der Waals surface area contributed by atoms with Gasteiger partial charge in [0.15, 0.2) is 0 Å². The van der Waals surface area contributed by atoms with Crippen LogP contribution in [0.3, 0.4) is 0 Å². The van der Waals surface area contributed by atoms with E-state index in [0.29, 0.717) is 6.04 Å². The molecule has 0 spiro atoms. The second-order valence-electron chi connectivity index (χ2n) is 4.52. The van der Waals surface area contributed by atoms with Crippen molar-refractivity contribution in [2.75, 3.05) is 26.7 Å². The molecular weight excluding hydrogens is 256 g/mol. The Morgan fingerprint density at radius 2 is 2.00 bits per heavy atom. The maximum Gasteiger partial charge on any atom is 0.0409 e. The zero-order chi connectivity index (χ0) is 14.1. The van der Waals surface area contributed by atoms with E-state index in [9.17, 15) is 0 Å². The van der Waals surface area contributed by atoms with Crippen LogP contribution in [-0.2, 0) is 0 Å². The van der Waals surface area contributed by atoms with Crippen LogP contribution in [0.25, 0.3) is 0 Å². The molecule has 0 amide bonds. The van der Waals surface area contributed by atoms with Gasteiger partial charge >= 0.3 is 0 Å². The monoisotopic (exact) mass is 278 g/mol. The summed E-state index contributed by atoms with van der Waals surface area (Å²) in [4.78, 5) is 2.31. The van der Waals surface area contributed by atoms with E-state index in [2.05, 4.69) is 29.4 Å². The number of nitrogens with one attached hydrogen (secondary N) is 1. The Morgan fingerprint density at radius 3 is 2.53 bits per heavy atom. The molecule has 0 saturated carbocycles. The SMILES string of the molecule is C=CCN(CC=C)CCC(NC)c1cccc(Cl)c1. The summed E-state index contributed by atoms with van der Waals surface area (Å²) in [6, 6.07) is 8.34. The molecule has 0 heterocycles. The fraction of sp³-hybridized carbons (Fsp3) is 0.375. The number of rotatable bonds is 9. The van der Waals surface area contributed by atoms with Crippen molar-refractivity contribution in [3.05, 3.63) is 60.2 Å². The number of nitrogens with zero attached hydrogens (tertiary/aromatic N) is 1. The first-order valence-electron chi connectivity index (χ1n) is 6.58. The zero-order valence-electron chi connectivity index (χ0n) is 11.6. The van der Waals surface area contributed by atoms with Gasteiger partial charge in [0.25, 0.3) is 0 Å². The quantitative estimate of drug-likeness (QED) is 0.694. The largest absolute Gasteiger partial charge is 0.313 e. The standard InChI is InChI=1S/C16H23ClN2/c1-4-10-19(11-5-2)12-9-16(18-3)14-7-6-8-15(17)13-14/h4-8,13,16,18H,1-2,9-12H2,3H3. The molecule has 1 unspecified atom stereocenters. The molecule has 0 aromatic heterocycles. The molecule has 0 fully saturated rings. The van der Waals surface area contributed by atoms with Crippen LogP contribution in [0.2, 0.25) is 5.02 Å². The summed E-state index contributed by atoms with van der Waals surface area (Å²) in [6.45, 7) is 10.4. The van der Waals surface area contributed by atoms with Crippen molar-refractivity contribution in [2.45, 2.75) is 12.5 Å². The summed E-state index contributed by atoms with van der Waals surface area (Å²) in [7, 11) is 1.98. The third-order valence-corrected chi connectivity index (χ3v) is 3.34. The van der Waals surface area contributed by atoms with Crippen LogP contribution in [0.5, 0.6) is 0 Å². The molecule has 1 aromatic carbocycles. The minimum absolute atomic E-state index is 0.316. The molecule has 0 radical (unpaired) electrons. The highest BCUT2D eigenvalue weighted by atomic mass is 35.5. The minimum Gasteiger partial charge on any atom is -0.313 e. The van der Waals surface area contributed by atoms with Crippen molar-refractivity contribution in [3.63, 3.8) is 0 Å². The Hall–Kier alpha value is -1.09. The number of hydrogen-bond donors (Lipinski definition) is 1. The molecule has 0 bridgehead atoms. The van der Waals surface area contributed by atoms with Gasteiger partial charge < -0.3 is 5.32 Å². The first kappa shape index (κ1) is 16.0. The summed E-state index contributed by atoms with van der Waals surface area (Å²) in [6.07, 6.45) is 4.88. The lowest BCUT2D eigenvalue weighted by atomic mass is 10.0. The van der Waals surface area contributed by atoms with E-state index in [1.54, 1.807) is 0 Å². The first-order chi connectivity index (χ1) is 9.21. The van der Waals surface area contributed by atoms with E-state index in [1.807, 2.05) is 37.4 Å². The highest BCUT2D eigenvalue weighted by Gasteiger charge is 2.11. The van der Waals surface area contributed by atoms with Crippen molar-refractivity contribution < 1.29 is 0 Å². The fourth-order valence-corrected chi connectivity index (χ4v) is 2.33. The van der Waals surface area contributed by atoms with E-state index >= 15 is 0 Å². The van der Waals surface area contributed by atoms with Gasteiger partial charge in [0.2, 0.25) is 0 Å². The van der Waals surface area contributed by atoms with Crippen molar-refractivity contribution in [1.29, 1.82) is 0 Å². The van der Waals surface area contributed by atoms with Crippen LogP contribution in [0.1, 0.15) is 18.0 Å². The second kappa shape index (κ2) is 8.92. The molecular formula is C16H23ClN2. The number of benzene rings is 1. The zero-order valence-corrected chi connectivity index (χ0v) is 12.4. The van der Waals surface area contributed by atoms with Gasteiger partial charge in [-0.25, -0.2) is 0 Å². The van der Waals surface area contributed by atoms with Gasteiger partial charge in [0.05, 0.1) is 0 Å². The maximum atomic E-state index is 6.04. The molecule has 1 aromatic rings.